The summed E-state index contributed by atoms with van der Waals surface area (Å²) in [5, 5.41) is 0. The molecule has 2 aromatic rings. The molecule has 0 amide bonds. The van der Waals surface area contributed by atoms with E-state index in [4.69, 9.17) is 0 Å². The SMILES string of the molecule is O=C=Nc1ccc([S+]([O-])c2ccc(N=C=O)cc2)cc1. The first-order valence-electron chi connectivity index (χ1n) is 5.52. The van der Waals surface area contributed by atoms with Gasteiger partial charge in [-0.1, -0.05) is 0 Å². The second-order valence-corrected chi connectivity index (χ2v) is 5.14. The van der Waals surface area contributed by atoms with Crippen molar-refractivity contribution in [2.75, 3.05) is 0 Å². The van der Waals surface area contributed by atoms with Crippen LogP contribution in [0.5, 0.6) is 0 Å². The third-order valence-corrected chi connectivity index (χ3v) is 3.85. The number of hydrogen-bond donors (Lipinski definition) is 0. The molecule has 0 aliphatic carbocycles. The van der Waals surface area contributed by atoms with Gasteiger partial charge in [-0.25, -0.2) is 9.59 Å². The van der Waals surface area contributed by atoms with Crippen LogP contribution in [0, 0.1) is 0 Å². The van der Waals surface area contributed by atoms with Gasteiger partial charge in [0.2, 0.25) is 12.2 Å². The smallest absolute Gasteiger partial charge is 0.240 e. The third-order valence-electron chi connectivity index (χ3n) is 2.45. The Morgan fingerprint density at radius 2 is 1.10 bits per heavy atom. The normalized spacial score (nSPS) is 11.1. The maximum atomic E-state index is 12.3. The van der Waals surface area contributed by atoms with Crippen LogP contribution in [0.2, 0.25) is 0 Å². The minimum Gasteiger partial charge on any atom is -0.606 e. The summed E-state index contributed by atoms with van der Waals surface area (Å²) in [7, 11) is 0. The number of nitrogens with zero attached hydrogens (tertiary/aromatic N) is 2. The first-order chi connectivity index (χ1) is 9.74. The minimum absolute atomic E-state index is 0.455. The largest absolute Gasteiger partial charge is 0.606 e. The maximum Gasteiger partial charge on any atom is 0.240 e. The lowest BCUT2D eigenvalue weighted by atomic mass is 10.3. The molecule has 0 bridgehead atoms. The molecule has 5 nitrogen and oxygen atoms in total. The van der Waals surface area contributed by atoms with Gasteiger partial charge in [-0.2, -0.15) is 9.98 Å². The molecule has 0 atom stereocenters. The zero-order valence-electron chi connectivity index (χ0n) is 10.1. The van der Waals surface area contributed by atoms with Crippen molar-refractivity contribution in [1.82, 2.24) is 0 Å². The molecule has 20 heavy (non-hydrogen) atoms. The highest BCUT2D eigenvalue weighted by atomic mass is 32.2. The van der Waals surface area contributed by atoms with Crippen LogP contribution in [-0.2, 0) is 20.8 Å². The van der Waals surface area contributed by atoms with Crippen molar-refractivity contribution in [2.45, 2.75) is 9.79 Å². The second-order valence-electron chi connectivity index (χ2n) is 3.66. The van der Waals surface area contributed by atoms with Gasteiger partial charge in [0.05, 0.1) is 11.4 Å². The van der Waals surface area contributed by atoms with E-state index in [1.165, 1.54) is 12.2 Å². The zero-order valence-corrected chi connectivity index (χ0v) is 11.0. The van der Waals surface area contributed by atoms with Gasteiger partial charge in [-0.05, 0) is 48.5 Å². The number of benzene rings is 2. The van der Waals surface area contributed by atoms with Crippen LogP contribution in [0.25, 0.3) is 0 Å². The molecule has 0 fully saturated rings. The molecular weight excluding hydrogens is 276 g/mol. The predicted octanol–water partition coefficient (Wildman–Crippen LogP) is 2.79. The Balaban J connectivity index is 2.23. The summed E-state index contributed by atoms with van der Waals surface area (Å²) < 4.78 is 12.3. The Bertz CT molecular complexity index is 624. The molecule has 0 unspecified atom stereocenters. The van der Waals surface area contributed by atoms with E-state index in [1.54, 1.807) is 48.5 Å². The van der Waals surface area contributed by atoms with Crippen LogP contribution >= 0.6 is 0 Å². The van der Waals surface area contributed by atoms with E-state index in [0.717, 1.165) is 0 Å². The van der Waals surface area contributed by atoms with Crippen molar-refractivity contribution in [3.8, 4) is 0 Å². The molecule has 98 valence electrons. The summed E-state index contributed by atoms with van der Waals surface area (Å²) in [5.74, 6) is 0. The first-order valence-corrected chi connectivity index (χ1v) is 6.67. The van der Waals surface area contributed by atoms with Crippen molar-refractivity contribution in [1.29, 1.82) is 0 Å². The van der Waals surface area contributed by atoms with E-state index < -0.39 is 11.2 Å². The van der Waals surface area contributed by atoms with Crippen molar-refractivity contribution in [2.24, 2.45) is 9.98 Å². The van der Waals surface area contributed by atoms with Crippen molar-refractivity contribution in [3.63, 3.8) is 0 Å². The number of rotatable bonds is 4. The summed E-state index contributed by atoms with van der Waals surface area (Å²) in [4.78, 5) is 28.3. The first kappa shape index (κ1) is 13.9. The van der Waals surface area contributed by atoms with Crippen molar-refractivity contribution < 1.29 is 14.1 Å². The molecule has 0 N–H and O–H groups in total. The van der Waals surface area contributed by atoms with E-state index in [2.05, 4.69) is 9.98 Å². The number of carbonyl (C=O) groups excluding carboxylic acids is 2. The van der Waals surface area contributed by atoms with Crippen LogP contribution in [0.4, 0.5) is 11.4 Å². The van der Waals surface area contributed by atoms with Crippen LogP contribution in [0.3, 0.4) is 0 Å². The minimum atomic E-state index is -1.35. The Hall–Kier alpha value is -2.49. The summed E-state index contributed by atoms with van der Waals surface area (Å²) >= 11 is -1.35. The highest BCUT2D eigenvalue weighted by molar-refractivity contribution is 7.91. The molecule has 0 saturated carbocycles. The second kappa shape index (κ2) is 6.61. The average Bonchev–Trinajstić information content (AvgIpc) is 2.49. The summed E-state index contributed by atoms with van der Waals surface area (Å²) in [6, 6.07) is 12.9. The fraction of sp³-hybridized carbons (Fsp3) is 0. The Labute approximate surface area is 117 Å². The monoisotopic (exact) mass is 284 g/mol. The van der Waals surface area contributed by atoms with E-state index in [-0.39, 0.29) is 0 Å². The Morgan fingerprint density at radius 3 is 1.40 bits per heavy atom. The van der Waals surface area contributed by atoms with Gasteiger partial charge in [0.1, 0.15) is 0 Å². The Kier molecular flexibility index (Phi) is 4.60. The summed E-state index contributed by atoms with van der Waals surface area (Å²) in [6.07, 6.45) is 2.88. The molecule has 6 heteroatoms. The quantitative estimate of drug-likeness (QED) is 0.491. The standard InChI is InChI=1S/C14H8N2O3S/c17-9-15-11-1-5-13(6-2-11)20(19)14-7-3-12(4-8-14)16-10-18/h1-8H. The zero-order chi connectivity index (χ0) is 14.4. The van der Waals surface area contributed by atoms with Crippen LogP contribution in [-0.4, -0.2) is 16.7 Å². The van der Waals surface area contributed by atoms with Crippen LogP contribution in [0.15, 0.2) is 68.3 Å². The molecule has 0 spiro atoms. The average molecular weight is 284 g/mol. The third kappa shape index (κ3) is 3.29. The van der Waals surface area contributed by atoms with Gasteiger partial charge in [0.25, 0.3) is 0 Å². The van der Waals surface area contributed by atoms with E-state index >= 15 is 0 Å². The number of aliphatic imine (C=N–C) groups is 2. The van der Waals surface area contributed by atoms with Gasteiger partial charge in [0.15, 0.2) is 9.79 Å². The molecular formula is C14H8N2O3S. The highest BCUT2D eigenvalue weighted by Gasteiger charge is 2.14. The van der Waals surface area contributed by atoms with Gasteiger partial charge < -0.3 is 4.55 Å². The lowest BCUT2D eigenvalue weighted by molar-refractivity contribution is 0.564. The molecule has 0 radical (unpaired) electrons. The van der Waals surface area contributed by atoms with E-state index in [0.29, 0.717) is 21.2 Å². The summed E-state index contributed by atoms with van der Waals surface area (Å²) in [5.41, 5.74) is 0.910. The van der Waals surface area contributed by atoms with Gasteiger partial charge in [-0.3, -0.25) is 0 Å². The topological polar surface area (TPSA) is 81.9 Å². The fourth-order valence-corrected chi connectivity index (χ4v) is 2.57. The molecule has 2 aromatic carbocycles. The van der Waals surface area contributed by atoms with E-state index in [1.807, 2.05) is 0 Å². The molecule has 2 rings (SSSR count). The number of isocyanates is 2. The highest BCUT2D eigenvalue weighted by Crippen LogP contribution is 2.24. The lowest BCUT2D eigenvalue weighted by Gasteiger charge is -2.09. The Morgan fingerprint density at radius 1 is 0.750 bits per heavy atom. The van der Waals surface area contributed by atoms with Crippen LogP contribution < -0.4 is 0 Å². The number of hydrogen-bond acceptors (Lipinski definition) is 5. The molecule has 0 aliphatic heterocycles. The van der Waals surface area contributed by atoms with Gasteiger partial charge >= 0.3 is 0 Å². The fourth-order valence-electron chi connectivity index (χ4n) is 1.53. The van der Waals surface area contributed by atoms with Crippen molar-refractivity contribution in [3.05, 3.63) is 48.5 Å². The maximum absolute atomic E-state index is 12.3. The van der Waals surface area contributed by atoms with E-state index in [9.17, 15) is 14.1 Å². The molecule has 0 aliphatic rings. The predicted molar refractivity (Wildman–Crippen MR) is 73.1 cm³/mol. The van der Waals surface area contributed by atoms with Crippen LogP contribution in [0.1, 0.15) is 0 Å². The van der Waals surface area contributed by atoms with Gasteiger partial charge in [0, 0.05) is 11.2 Å². The summed E-state index contributed by atoms with van der Waals surface area (Å²) in [6.45, 7) is 0. The lowest BCUT2D eigenvalue weighted by Crippen LogP contribution is -2.01. The molecule has 0 saturated heterocycles. The van der Waals surface area contributed by atoms with Gasteiger partial charge in [-0.15, -0.1) is 0 Å². The van der Waals surface area contributed by atoms with Crippen molar-refractivity contribution >= 4 is 34.7 Å². The molecule has 0 heterocycles. The molecule has 0 aromatic heterocycles.